The molecule has 0 unspecified atom stereocenters. The number of hydrogen-bond acceptors (Lipinski definition) is 0. The molecule has 0 aromatic carbocycles. The largest absolute Gasteiger partial charge is 0.0620 e. The van der Waals surface area contributed by atoms with Crippen LogP contribution in [-0.2, 0) is 0 Å². The Balaban J connectivity index is 3.80. The normalized spacial score (nSPS) is 16.2. The first-order valence-corrected chi connectivity index (χ1v) is 5.13. The van der Waals surface area contributed by atoms with Gasteiger partial charge in [0.2, 0.25) is 0 Å². The lowest BCUT2D eigenvalue weighted by atomic mass is 9.76. The van der Waals surface area contributed by atoms with Crippen LogP contribution in [0.5, 0.6) is 0 Å². The highest BCUT2D eigenvalue weighted by Gasteiger charge is 2.21. The maximum Gasteiger partial charge on any atom is -0.0357 e. The quantitative estimate of drug-likeness (QED) is 0.572. The van der Waals surface area contributed by atoms with E-state index in [0.29, 0.717) is 10.8 Å². The van der Waals surface area contributed by atoms with Crippen LogP contribution in [0.4, 0.5) is 0 Å². The van der Waals surface area contributed by atoms with E-state index in [2.05, 4.69) is 48.5 Å². The zero-order valence-electron chi connectivity index (χ0n) is 9.99. The molecule has 0 fully saturated rings. The monoisotopic (exact) mass is 170 g/mol. The molecule has 12 heavy (non-hydrogen) atoms. The van der Waals surface area contributed by atoms with E-state index < -0.39 is 0 Å². The summed E-state index contributed by atoms with van der Waals surface area (Å²) in [6.45, 7) is 16.3. The van der Waals surface area contributed by atoms with Crippen LogP contribution in [0.25, 0.3) is 0 Å². The van der Waals surface area contributed by atoms with Gasteiger partial charge in [0.1, 0.15) is 0 Å². The Hall–Kier alpha value is 0. The minimum atomic E-state index is 0.477. The maximum absolute atomic E-state index is 2.37. The molecule has 0 aromatic rings. The lowest BCUT2D eigenvalue weighted by molar-refractivity contribution is 0.213. The molecule has 0 rings (SSSR count). The predicted molar refractivity (Wildman–Crippen MR) is 57.3 cm³/mol. The van der Waals surface area contributed by atoms with Crippen molar-refractivity contribution < 1.29 is 0 Å². The van der Waals surface area contributed by atoms with Crippen LogP contribution in [-0.4, -0.2) is 0 Å². The van der Waals surface area contributed by atoms with E-state index >= 15 is 0 Å². The van der Waals surface area contributed by atoms with E-state index in [1.54, 1.807) is 0 Å². The molecule has 74 valence electrons. The summed E-state index contributed by atoms with van der Waals surface area (Å²) in [7, 11) is 0. The minimum absolute atomic E-state index is 0.477. The van der Waals surface area contributed by atoms with Gasteiger partial charge in [-0.1, -0.05) is 48.5 Å². The van der Waals surface area contributed by atoms with Crippen LogP contribution < -0.4 is 0 Å². The van der Waals surface area contributed by atoms with Crippen LogP contribution in [0.15, 0.2) is 0 Å². The average Bonchev–Trinajstić information content (AvgIpc) is 1.78. The molecule has 0 nitrogen and oxygen atoms in total. The summed E-state index contributed by atoms with van der Waals surface area (Å²) >= 11 is 0. The van der Waals surface area contributed by atoms with Gasteiger partial charge in [-0.05, 0) is 29.6 Å². The fraction of sp³-hybridized carbons (Fsp3) is 1.00. The third-order valence-electron chi connectivity index (χ3n) is 2.81. The summed E-state index contributed by atoms with van der Waals surface area (Å²) in [5, 5.41) is 0. The molecule has 0 saturated carbocycles. The van der Waals surface area contributed by atoms with E-state index in [1.165, 1.54) is 12.8 Å². The maximum atomic E-state index is 2.37. The molecular formula is C12H26. The van der Waals surface area contributed by atoms with Crippen molar-refractivity contribution in [3.8, 4) is 0 Å². The Labute approximate surface area is 78.8 Å². The van der Waals surface area contributed by atoms with Crippen molar-refractivity contribution in [3.05, 3.63) is 0 Å². The molecule has 0 heterocycles. The number of rotatable bonds is 2. The summed E-state index contributed by atoms with van der Waals surface area (Å²) in [6, 6.07) is 0. The summed E-state index contributed by atoms with van der Waals surface area (Å²) in [5.41, 5.74) is 0.977. The Morgan fingerprint density at radius 1 is 0.917 bits per heavy atom. The van der Waals surface area contributed by atoms with E-state index in [0.717, 1.165) is 5.92 Å². The SMILES string of the molecule is C[C@H](CCC(C)(C)C)C(C)(C)C. The van der Waals surface area contributed by atoms with Crippen LogP contribution in [0.1, 0.15) is 61.3 Å². The second kappa shape index (κ2) is 3.81. The molecule has 0 spiro atoms. The van der Waals surface area contributed by atoms with Crippen LogP contribution in [0.2, 0.25) is 0 Å². The zero-order valence-corrected chi connectivity index (χ0v) is 9.99. The lowest BCUT2D eigenvalue weighted by Gasteiger charge is -2.30. The average molecular weight is 170 g/mol. The Morgan fingerprint density at radius 3 is 1.58 bits per heavy atom. The van der Waals surface area contributed by atoms with Gasteiger partial charge in [0, 0.05) is 0 Å². The molecule has 0 bridgehead atoms. The van der Waals surface area contributed by atoms with Gasteiger partial charge in [0.05, 0.1) is 0 Å². The third kappa shape index (κ3) is 5.62. The molecule has 0 aliphatic heterocycles. The van der Waals surface area contributed by atoms with Gasteiger partial charge in [-0.25, -0.2) is 0 Å². The Bertz CT molecular complexity index is 120. The van der Waals surface area contributed by atoms with Crippen molar-refractivity contribution in [2.45, 2.75) is 61.3 Å². The first-order chi connectivity index (χ1) is 5.13. The van der Waals surface area contributed by atoms with Gasteiger partial charge >= 0.3 is 0 Å². The summed E-state index contributed by atoms with van der Waals surface area (Å²) in [4.78, 5) is 0. The van der Waals surface area contributed by atoms with Crippen molar-refractivity contribution in [3.63, 3.8) is 0 Å². The second-order valence-electron chi connectivity index (χ2n) is 6.37. The Morgan fingerprint density at radius 2 is 1.33 bits per heavy atom. The van der Waals surface area contributed by atoms with Crippen molar-refractivity contribution in [1.82, 2.24) is 0 Å². The molecule has 0 saturated heterocycles. The van der Waals surface area contributed by atoms with Gasteiger partial charge in [0.15, 0.2) is 0 Å². The third-order valence-corrected chi connectivity index (χ3v) is 2.81. The first-order valence-electron chi connectivity index (χ1n) is 5.13. The predicted octanol–water partition coefficient (Wildman–Crippen LogP) is 4.49. The standard InChI is InChI=1S/C12H26/c1-10(12(5,6)7)8-9-11(2,3)4/h10H,8-9H2,1-7H3/t10-/m1/s1. The molecular weight excluding hydrogens is 144 g/mol. The van der Waals surface area contributed by atoms with Gasteiger partial charge in [-0.3, -0.25) is 0 Å². The van der Waals surface area contributed by atoms with E-state index in [4.69, 9.17) is 0 Å². The van der Waals surface area contributed by atoms with Gasteiger partial charge in [-0.15, -0.1) is 0 Å². The second-order valence-corrected chi connectivity index (χ2v) is 6.37. The highest BCUT2D eigenvalue weighted by atomic mass is 14.3. The van der Waals surface area contributed by atoms with E-state index in [-0.39, 0.29) is 0 Å². The number of hydrogen-bond donors (Lipinski definition) is 0. The van der Waals surface area contributed by atoms with Crippen LogP contribution in [0.3, 0.4) is 0 Å². The molecule has 1 atom stereocenters. The summed E-state index contributed by atoms with van der Waals surface area (Å²) < 4.78 is 0. The Kier molecular flexibility index (Phi) is 3.81. The van der Waals surface area contributed by atoms with Gasteiger partial charge < -0.3 is 0 Å². The van der Waals surface area contributed by atoms with Gasteiger partial charge in [-0.2, -0.15) is 0 Å². The fourth-order valence-corrected chi connectivity index (χ4v) is 1.08. The highest BCUT2D eigenvalue weighted by Crippen LogP contribution is 2.32. The molecule has 0 heteroatoms. The van der Waals surface area contributed by atoms with Crippen molar-refractivity contribution >= 4 is 0 Å². The van der Waals surface area contributed by atoms with Gasteiger partial charge in [0.25, 0.3) is 0 Å². The van der Waals surface area contributed by atoms with E-state index in [1.807, 2.05) is 0 Å². The topological polar surface area (TPSA) is 0 Å². The fourth-order valence-electron chi connectivity index (χ4n) is 1.08. The molecule has 0 aliphatic carbocycles. The lowest BCUT2D eigenvalue weighted by Crippen LogP contribution is -2.19. The first kappa shape index (κ1) is 12.0. The van der Waals surface area contributed by atoms with Crippen molar-refractivity contribution in [2.24, 2.45) is 16.7 Å². The molecule has 0 radical (unpaired) electrons. The smallest absolute Gasteiger partial charge is 0.0357 e. The van der Waals surface area contributed by atoms with Crippen molar-refractivity contribution in [1.29, 1.82) is 0 Å². The minimum Gasteiger partial charge on any atom is -0.0620 e. The molecule has 0 amide bonds. The van der Waals surface area contributed by atoms with Crippen LogP contribution in [0, 0.1) is 16.7 Å². The molecule has 0 N–H and O–H groups in total. The van der Waals surface area contributed by atoms with E-state index in [9.17, 15) is 0 Å². The highest BCUT2D eigenvalue weighted by molar-refractivity contribution is 4.72. The zero-order chi connectivity index (χ0) is 9.99. The van der Waals surface area contributed by atoms with Crippen LogP contribution >= 0.6 is 0 Å². The molecule has 0 aliphatic rings. The summed E-state index contributed by atoms with van der Waals surface area (Å²) in [6.07, 6.45) is 2.69. The summed E-state index contributed by atoms with van der Waals surface area (Å²) in [5.74, 6) is 0.830. The van der Waals surface area contributed by atoms with Crippen molar-refractivity contribution in [2.75, 3.05) is 0 Å². The molecule has 0 aromatic heterocycles.